The number of ether oxygens (including phenoxy) is 1. The Morgan fingerprint density at radius 2 is 1.90 bits per heavy atom. The lowest BCUT2D eigenvalue weighted by atomic mass is 9.95. The number of hydrogen-bond donors (Lipinski definition) is 0. The van der Waals surface area contributed by atoms with Crippen molar-refractivity contribution in [3.05, 3.63) is 77.0 Å². The smallest absolute Gasteiger partial charge is 0.318 e. The van der Waals surface area contributed by atoms with Crippen molar-refractivity contribution in [1.82, 2.24) is 29.3 Å². The summed E-state index contributed by atoms with van der Waals surface area (Å²) in [4.78, 5) is 36.9. The Labute approximate surface area is 297 Å². The summed E-state index contributed by atoms with van der Waals surface area (Å²) < 4.78 is 8.41. The van der Waals surface area contributed by atoms with Crippen LogP contribution in [0.25, 0.3) is 16.8 Å². The topological polar surface area (TPSA) is 107 Å². The molecule has 0 unspecified atom stereocenters. The number of benzene rings is 2. The van der Waals surface area contributed by atoms with Crippen LogP contribution in [0, 0.1) is 11.3 Å². The van der Waals surface area contributed by atoms with E-state index in [1.165, 1.54) is 12.8 Å². The molecule has 8 rings (SSSR count). The molecule has 4 aliphatic heterocycles. The molecule has 2 aromatic heterocycles. The fraction of sp³-hybridized carbons (Fsp3) is 0.447. The zero-order valence-corrected chi connectivity index (χ0v) is 29.2. The number of fused-ring (bicyclic) bond motifs is 3. The number of anilines is 2. The lowest BCUT2D eigenvalue weighted by Crippen LogP contribution is -2.55. The number of nitriles is 1. The first-order chi connectivity index (χ1) is 24.4. The largest absolute Gasteiger partial charge is 0.461 e. The number of hydrogen-bond acceptors (Lipinski definition) is 9. The number of aryl methyl sites for hydroxylation is 1. The molecule has 6 heterocycles. The minimum absolute atomic E-state index is 0.0673. The third-order valence-electron chi connectivity index (χ3n) is 11.0. The van der Waals surface area contributed by atoms with Gasteiger partial charge in [-0.3, -0.25) is 9.69 Å². The summed E-state index contributed by atoms with van der Waals surface area (Å²) in [6, 6.07) is 14.8. The normalized spacial score (nSPS) is 20.3. The Hall–Kier alpha value is -4.66. The molecule has 4 aromatic rings. The third-order valence-corrected chi connectivity index (χ3v) is 11.3. The molecule has 4 aliphatic rings. The quantitative estimate of drug-likeness (QED) is 0.230. The zero-order valence-electron chi connectivity index (χ0n) is 28.5. The molecule has 0 N–H and O–H groups in total. The first-order valence-corrected chi connectivity index (χ1v) is 18.1. The van der Waals surface area contributed by atoms with E-state index in [-0.39, 0.29) is 23.9 Å². The number of nitrogens with zero attached hydrogens (tertiary/aromatic N) is 9. The Kier molecular flexibility index (Phi) is 8.83. The van der Waals surface area contributed by atoms with Gasteiger partial charge in [0.2, 0.25) is 5.91 Å². The van der Waals surface area contributed by atoms with Gasteiger partial charge < -0.3 is 24.0 Å². The van der Waals surface area contributed by atoms with Gasteiger partial charge in [-0.2, -0.15) is 15.2 Å². The highest BCUT2D eigenvalue weighted by atomic mass is 35.5. The number of aromatic nitrogens is 4. The maximum absolute atomic E-state index is 13.4. The predicted octanol–water partition coefficient (Wildman–Crippen LogP) is 5.23. The highest BCUT2D eigenvalue weighted by Crippen LogP contribution is 2.40. The van der Waals surface area contributed by atoms with E-state index in [2.05, 4.69) is 50.0 Å². The summed E-state index contributed by atoms with van der Waals surface area (Å²) in [6.07, 6.45) is 12.5. The van der Waals surface area contributed by atoms with Crippen molar-refractivity contribution in [3.8, 4) is 12.1 Å². The molecule has 50 heavy (non-hydrogen) atoms. The highest BCUT2D eigenvalue weighted by Gasteiger charge is 2.45. The number of imidazole rings is 1. The van der Waals surface area contributed by atoms with Crippen LogP contribution in [0.4, 0.5) is 11.5 Å². The second-order valence-corrected chi connectivity index (χ2v) is 14.4. The Bertz CT molecular complexity index is 1970. The average Bonchev–Trinajstić information content (AvgIpc) is 3.85. The lowest BCUT2D eigenvalue weighted by Gasteiger charge is -2.42. The van der Waals surface area contributed by atoms with Gasteiger partial charge in [0.1, 0.15) is 12.4 Å². The molecule has 0 spiro atoms. The summed E-state index contributed by atoms with van der Waals surface area (Å²) in [7, 11) is 1.89. The number of rotatable bonds is 8. The molecule has 0 radical (unpaired) electrons. The Balaban J connectivity index is 1.09. The van der Waals surface area contributed by atoms with Gasteiger partial charge in [-0.05, 0) is 68.8 Å². The number of carbonyl (C=O) groups excluding carboxylic acids is 1. The first kappa shape index (κ1) is 32.5. The van der Waals surface area contributed by atoms with Crippen molar-refractivity contribution in [2.24, 2.45) is 7.05 Å². The monoisotopic (exact) mass is 691 g/mol. The molecule has 258 valence electrons. The zero-order chi connectivity index (χ0) is 34.2. The summed E-state index contributed by atoms with van der Waals surface area (Å²) in [6.45, 7) is 5.78. The van der Waals surface area contributed by atoms with Gasteiger partial charge in [0, 0.05) is 62.1 Å². The molecule has 0 saturated carbocycles. The van der Waals surface area contributed by atoms with Crippen molar-refractivity contribution in [3.63, 3.8) is 0 Å². The predicted molar refractivity (Wildman–Crippen MR) is 194 cm³/mol. The van der Waals surface area contributed by atoms with E-state index in [1.54, 1.807) is 18.5 Å². The van der Waals surface area contributed by atoms with E-state index < -0.39 is 0 Å². The molecule has 3 saturated heterocycles. The van der Waals surface area contributed by atoms with Gasteiger partial charge >= 0.3 is 6.01 Å². The molecule has 2 aromatic carbocycles. The maximum Gasteiger partial charge on any atom is 0.318 e. The Morgan fingerprint density at radius 1 is 1.08 bits per heavy atom. The minimum Gasteiger partial charge on any atom is -0.461 e. The van der Waals surface area contributed by atoms with Crippen molar-refractivity contribution in [1.29, 1.82) is 5.26 Å². The van der Waals surface area contributed by atoms with Crippen LogP contribution in [0.3, 0.4) is 0 Å². The van der Waals surface area contributed by atoms with E-state index >= 15 is 0 Å². The third kappa shape index (κ3) is 6.16. The molecule has 12 heteroatoms. The van der Waals surface area contributed by atoms with Crippen LogP contribution in [0.5, 0.6) is 6.01 Å². The van der Waals surface area contributed by atoms with E-state index in [1.807, 2.05) is 34.8 Å². The van der Waals surface area contributed by atoms with E-state index in [0.29, 0.717) is 44.5 Å². The molecule has 0 bridgehead atoms. The van der Waals surface area contributed by atoms with Gasteiger partial charge in [-0.15, -0.1) is 0 Å². The summed E-state index contributed by atoms with van der Waals surface area (Å²) >= 11 is 6.76. The second kappa shape index (κ2) is 13.6. The lowest BCUT2D eigenvalue weighted by molar-refractivity contribution is -0.128. The number of piperazine rings is 1. The maximum atomic E-state index is 13.4. The van der Waals surface area contributed by atoms with E-state index in [9.17, 15) is 10.1 Å². The molecule has 11 nitrogen and oxygen atoms in total. The fourth-order valence-corrected chi connectivity index (χ4v) is 8.79. The van der Waals surface area contributed by atoms with Gasteiger partial charge in [0.25, 0.3) is 0 Å². The molecule has 3 fully saturated rings. The molecular weight excluding hydrogens is 650 g/mol. The van der Waals surface area contributed by atoms with Crippen LogP contribution in [0.1, 0.15) is 49.1 Å². The van der Waals surface area contributed by atoms with Crippen molar-refractivity contribution >= 4 is 45.9 Å². The second-order valence-electron chi connectivity index (χ2n) is 14.0. The van der Waals surface area contributed by atoms with Crippen LogP contribution in [-0.4, -0.2) is 92.7 Å². The number of halogens is 1. The summed E-state index contributed by atoms with van der Waals surface area (Å²) in [5, 5.41) is 12.7. The number of carbonyl (C=O) groups is 1. The van der Waals surface area contributed by atoms with Crippen molar-refractivity contribution < 1.29 is 9.53 Å². The van der Waals surface area contributed by atoms with Crippen LogP contribution in [0.2, 0.25) is 5.02 Å². The van der Waals surface area contributed by atoms with Crippen molar-refractivity contribution in [2.45, 2.75) is 56.7 Å². The minimum atomic E-state index is -0.285. The van der Waals surface area contributed by atoms with Gasteiger partial charge in [0.15, 0.2) is 0 Å². The van der Waals surface area contributed by atoms with Crippen LogP contribution in [0.15, 0.2) is 55.0 Å². The van der Waals surface area contributed by atoms with Gasteiger partial charge in [-0.25, -0.2) is 4.98 Å². The highest BCUT2D eigenvalue weighted by molar-refractivity contribution is 6.36. The fourth-order valence-electron chi connectivity index (χ4n) is 8.51. The molecular formula is C38H42ClN9O2. The van der Waals surface area contributed by atoms with Crippen molar-refractivity contribution in [2.75, 3.05) is 55.7 Å². The standard InChI is InChI=1S/C38H42ClN9O2/c1-44-22-28(41-26-44)10-11-34(49)48-21-20-46(23-29(48)12-16-40)36-30-13-19-45(33-9-3-7-27-6-2-8-31(39)35(27)33)24-32(30)42-37(43-36)50-25-38-14-4-17-47(38)18-5-15-38/h2-3,6-11,22,26,29H,4-5,12-15,17-21,23-25H2,1H3/b11-10+/t29-/m0/s1. The summed E-state index contributed by atoms with van der Waals surface area (Å²) in [5.74, 6) is 0.734. The Morgan fingerprint density at radius 3 is 2.68 bits per heavy atom. The molecule has 0 aliphatic carbocycles. The van der Waals surface area contributed by atoms with Crippen LogP contribution >= 0.6 is 11.6 Å². The van der Waals surface area contributed by atoms with E-state index in [0.717, 1.165) is 77.5 Å². The average molecular weight is 692 g/mol. The first-order valence-electron chi connectivity index (χ1n) is 17.7. The van der Waals surface area contributed by atoms with Gasteiger partial charge in [-0.1, -0.05) is 35.9 Å². The number of amides is 1. The molecule has 1 amide bonds. The van der Waals surface area contributed by atoms with Crippen LogP contribution in [-0.2, 0) is 24.8 Å². The van der Waals surface area contributed by atoms with Crippen LogP contribution < -0.4 is 14.5 Å². The van der Waals surface area contributed by atoms with E-state index in [4.69, 9.17) is 26.3 Å². The molecule has 1 atom stereocenters. The SMILES string of the molecule is Cn1cnc(/C=C/C(=O)N2CCN(c3nc(OCC45CCCN4CCC5)nc4c3CCN(c3cccc5cccc(Cl)c35)C4)C[C@@H]2CC#N)c1. The van der Waals surface area contributed by atoms with Gasteiger partial charge in [0.05, 0.1) is 53.4 Å². The summed E-state index contributed by atoms with van der Waals surface area (Å²) in [5.41, 5.74) is 3.92.